The van der Waals surface area contributed by atoms with E-state index in [4.69, 9.17) is 4.74 Å². The standard InChI is InChI=1S/C12H17F6NO/c1-2-6-19-9(8-5-3-4-7-20-8)10(11(13,14)15)12(16,17)18/h5,9-10,19H,2-4,6-7H2,1H3. The minimum atomic E-state index is -5.38. The summed E-state index contributed by atoms with van der Waals surface area (Å²) >= 11 is 0. The van der Waals surface area contributed by atoms with Gasteiger partial charge in [-0.1, -0.05) is 6.92 Å². The van der Waals surface area contributed by atoms with Gasteiger partial charge in [0.05, 0.1) is 12.6 Å². The number of halogens is 6. The van der Waals surface area contributed by atoms with Gasteiger partial charge in [-0.3, -0.25) is 0 Å². The summed E-state index contributed by atoms with van der Waals surface area (Å²) in [5.41, 5.74) is 0. The van der Waals surface area contributed by atoms with Crippen molar-refractivity contribution >= 4 is 0 Å². The normalized spacial score (nSPS) is 18.7. The number of hydrogen-bond donors (Lipinski definition) is 1. The Morgan fingerprint density at radius 3 is 2.20 bits per heavy atom. The lowest BCUT2D eigenvalue weighted by atomic mass is 9.94. The Morgan fingerprint density at radius 2 is 1.80 bits per heavy atom. The van der Waals surface area contributed by atoms with Gasteiger partial charge in [-0.05, 0) is 31.9 Å². The molecule has 1 atom stereocenters. The summed E-state index contributed by atoms with van der Waals surface area (Å²) in [6.07, 6.45) is -8.03. The number of ether oxygens (including phenoxy) is 1. The molecular formula is C12H17F6NO. The van der Waals surface area contributed by atoms with E-state index >= 15 is 0 Å². The van der Waals surface area contributed by atoms with Crippen molar-refractivity contribution < 1.29 is 31.1 Å². The van der Waals surface area contributed by atoms with Crippen molar-refractivity contribution in [1.82, 2.24) is 5.32 Å². The lowest BCUT2D eigenvalue weighted by molar-refractivity contribution is -0.291. The Morgan fingerprint density at radius 1 is 1.20 bits per heavy atom. The second kappa shape index (κ2) is 6.69. The van der Waals surface area contributed by atoms with Crippen LogP contribution in [0, 0.1) is 5.92 Å². The zero-order valence-electron chi connectivity index (χ0n) is 10.9. The highest BCUT2D eigenvalue weighted by molar-refractivity contribution is 5.10. The second-order valence-electron chi connectivity index (χ2n) is 4.59. The molecule has 0 bridgehead atoms. The molecule has 0 aromatic rings. The molecule has 0 fully saturated rings. The molecule has 1 aliphatic heterocycles. The minimum Gasteiger partial charge on any atom is -0.497 e. The zero-order valence-corrected chi connectivity index (χ0v) is 10.9. The Kier molecular flexibility index (Phi) is 5.73. The van der Waals surface area contributed by atoms with Crippen LogP contribution in [0.25, 0.3) is 0 Å². The maximum absolute atomic E-state index is 12.8. The summed E-state index contributed by atoms with van der Waals surface area (Å²) < 4.78 is 81.8. The van der Waals surface area contributed by atoms with Crippen molar-refractivity contribution in [3.63, 3.8) is 0 Å². The SMILES string of the molecule is CCCNC(C1=CCCCO1)C(C(F)(F)F)C(F)(F)F. The van der Waals surface area contributed by atoms with Crippen LogP contribution in [-0.4, -0.2) is 31.5 Å². The van der Waals surface area contributed by atoms with Crippen molar-refractivity contribution in [3.05, 3.63) is 11.8 Å². The van der Waals surface area contributed by atoms with Gasteiger partial charge in [0.15, 0.2) is 5.92 Å². The van der Waals surface area contributed by atoms with Gasteiger partial charge in [0.1, 0.15) is 5.76 Å². The van der Waals surface area contributed by atoms with Gasteiger partial charge >= 0.3 is 12.4 Å². The highest BCUT2D eigenvalue weighted by Gasteiger charge is 2.61. The van der Waals surface area contributed by atoms with Crippen molar-refractivity contribution in [2.24, 2.45) is 5.92 Å². The van der Waals surface area contributed by atoms with E-state index in [9.17, 15) is 26.3 Å². The van der Waals surface area contributed by atoms with E-state index < -0.39 is 24.3 Å². The fraction of sp³-hybridized carbons (Fsp3) is 0.833. The van der Waals surface area contributed by atoms with Crippen LogP contribution in [0.2, 0.25) is 0 Å². The van der Waals surface area contributed by atoms with Crippen molar-refractivity contribution in [1.29, 1.82) is 0 Å². The summed E-state index contributed by atoms with van der Waals surface area (Å²) in [4.78, 5) is 0. The van der Waals surface area contributed by atoms with Gasteiger partial charge in [0.2, 0.25) is 0 Å². The molecule has 1 heterocycles. The van der Waals surface area contributed by atoms with Crippen LogP contribution in [0.4, 0.5) is 26.3 Å². The first-order valence-corrected chi connectivity index (χ1v) is 6.37. The Hall–Kier alpha value is -0.920. The Bertz CT molecular complexity index is 322. The first-order valence-electron chi connectivity index (χ1n) is 6.37. The van der Waals surface area contributed by atoms with Gasteiger partial charge in [-0.15, -0.1) is 0 Å². The van der Waals surface area contributed by atoms with Crippen LogP contribution in [0.3, 0.4) is 0 Å². The van der Waals surface area contributed by atoms with E-state index in [-0.39, 0.29) is 18.9 Å². The summed E-state index contributed by atoms with van der Waals surface area (Å²) in [5.74, 6) is -3.73. The van der Waals surface area contributed by atoms with E-state index in [0.29, 0.717) is 19.3 Å². The molecule has 0 amide bonds. The van der Waals surface area contributed by atoms with Gasteiger partial charge in [-0.2, -0.15) is 26.3 Å². The monoisotopic (exact) mass is 305 g/mol. The lowest BCUT2D eigenvalue weighted by Crippen LogP contribution is -2.52. The van der Waals surface area contributed by atoms with Gasteiger partial charge in [-0.25, -0.2) is 0 Å². The quantitative estimate of drug-likeness (QED) is 0.780. The van der Waals surface area contributed by atoms with E-state index in [1.54, 1.807) is 6.92 Å². The molecule has 0 aromatic carbocycles. The Balaban J connectivity index is 3.07. The number of allylic oxidation sites excluding steroid dienone is 1. The first-order chi connectivity index (χ1) is 9.18. The number of nitrogens with one attached hydrogen (secondary N) is 1. The highest BCUT2D eigenvalue weighted by atomic mass is 19.4. The topological polar surface area (TPSA) is 21.3 Å². The maximum Gasteiger partial charge on any atom is 0.402 e. The van der Waals surface area contributed by atoms with Crippen molar-refractivity contribution in [2.45, 2.75) is 44.6 Å². The summed E-state index contributed by atoms with van der Waals surface area (Å²) in [6.45, 7) is 1.85. The number of alkyl halides is 6. The highest BCUT2D eigenvalue weighted by Crippen LogP contribution is 2.43. The number of hydrogen-bond acceptors (Lipinski definition) is 2. The van der Waals surface area contributed by atoms with Crippen molar-refractivity contribution in [2.75, 3.05) is 13.2 Å². The maximum atomic E-state index is 12.8. The van der Waals surface area contributed by atoms with E-state index in [1.165, 1.54) is 6.08 Å². The third kappa shape index (κ3) is 4.57. The summed E-state index contributed by atoms with van der Waals surface area (Å²) in [6, 6.07) is -1.92. The predicted octanol–water partition coefficient (Wildman–Crippen LogP) is 3.79. The molecular weight excluding hydrogens is 288 g/mol. The molecule has 1 rings (SSSR count). The van der Waals surface area contributed by atoms with Crippen LogP contribution in [0.15, 0.2) is 11.8 Å². The zero-order chi connectivity index (χ0) is 15.4. The molecule has 1 N–H and O–H groups in total. The first kappa shape index (κ1) is 17.1. The molecule has 118 valence electrons. The van der Waals surface area contributed by atoms with Gasteiger partial charge in [0.25, 0.3) is 0 Å². The minimum absolute atomic E-state index is 0.0496. The van der Waals surface area contributed by atoms with E-state index in [0.717, 1.165) is 0 Å². The van der Waals surface area contributed by atoms with Crippen LogP contribution >= 0.6 is 0 Å². The van der Waals surface area contributed by atoms with Gasteiger partial charge < -0.3 is 10.1 Å². The van der Waals surface area contributed by atoms with Gasteiger partial charge in [0, 0.05) is 0 Å². The molecule has 2 nitrogen and oxygen atoms in total. The van der Waals surface area contributed by atoms with E-state index in [1.807, 2.05) is 0 Å². The van der Waals surface area contributed by atoms with Crippen LogP contribution in [0.5, 0.6) is 0 Å². The van der Waals surface area contributed by atoms with Crippen LogP contribution in [0.1, 0.15) is 26.2 Å². The summed E-state index contributed by atoms with van der Waals surface area (Å²) in [7, 11) is 0. The van der Waals surface area contributed by atoms with Crippen LogP contribution < -0.4 is 5.32 Å². The summed E-state index contributed by atoms with van der Waals surface area (Å²) in [5, 5.41) is 2.32. The third-order valence-corrected chi connectivity index (χ3v) is 2.92. The number of rotatable bonds is 5. The average molecular weight is 305 g/mol. The average Bonchev–Trinajstić information content (AvgIpc) is 2.32. The third-order valence-electron chi connectivity index (χ3n) is 2.92. The van der Waals surface area contributed by atoms with Crippen LogP contribution in [-0.2, 0) is 4.74 Å². The molecule has 20 heavy (non-hydrogen) atoms. The molecule has 8 heteroatoms. The molecule has 0 radical (unpaired) electrons. The molecule has 0 saturated heterocycles. The largest absolute Gasteiger partial charge is 0.497 e. The van der Waals surface area contributed by atoms with E-state index in [2.05, 4.69) is 5.32 Å². The molecule has 0 saturated carbocycles. The smallest absolute Gasteiger partial charge is 0.402 e. The fourth-order valence-corrected chi connectivity index (χ4v) is 2.04. The molecule has 1 unspecified atom stereocenters. The lowest BCUT2D eigenvalue weighted by Gasteiger charge is -2.33. The molecule has 0 spiro atoms. The molecule has 1 aliphatic rings. The Labute approximate surface area is 113 Å². The second-order valence-corrected chi connectivity index (χ2v) is 4.59. The molecule has 0 aromatic heterocycles. The van der Waals surface area contributed by atoms with Crippen molar-refractivity contribution in [3.8, 4) is 0 Å². The predicted molar refractivity (Wildman–Crippen MR) is 61.0 cm³/mol. The molecule has 0 aliphatic carbocycles. The fourth-order valence-electron chi connectivity index (χ4n) is 2.04.